The first kappa shape index (κ1) is 7.82. The van der Waals surface area contributed by atoms with E-state index in [0.717, 1.165) is 0 Å². The van der Waals surface area contributed by atoms with Gasteiger partial charge in [0.2, 0.25) is 0 Å². The molecule has 0 heterocycles. The minimum atomic E-state index is -2.66. The molecule has 0 aliphatic rings. The lowest BCUT2D eigenvalue weighted by Crippen LogP contribution is -2.22. The van der Waals surface area contributed by atoms with Crippen LogP contribution < -0.4 is 0 Å². The van der Waals surface area contributed by atoms with Gasteiger partial charge in [0.05, 0.1) is 5.60 Å². The minimum Gasteiger partial charge on any atom is -0.317 e. The Hall–Kier alpha value is -0.180. The van der Waals surface area contributed by atoms with Crippen LogP contribution in [0.1, 0.15) is 20.8 Å². The van der Waals surface area contributed by atoms with Crippen LogP contribution in [-0.4, -0.2) is 12.2 Å². The summed E-state index contributed by atoms with van der Waals surface area (Å²) in [6, 6.07) is 0. The average molecular weight is 124 g/mol. The molecule has 0 amide bonds. The second kappa shape index (κ2) is 2.40. The number of ether oxygens (including phenoxy) is 1. The van der Waals surface area contributed by atoms with Crippen molar-refractivity contribution in [2.24, 2.45) is 0 Å². The second-order valence-corrected chi connectivity index (χ2v) is 2.49. The van der Waals surface area contributed by atoms with Gasteiger partial charge < -0.3 is 4.74 Å². The Morgan fingerprint density at radius 1 is 1.25 bits per heavy atom. The van der Waals surface area contributed by atoms with E-state index in [4.69, 9.17) is 0 Å². The number of hydrogen-bond donors (Lipinski definition) is 0. The second-order valence-electron chi connectivity index (χ2n) is 2.49. The maximum atomic E-state index is 11.3. The predicted molar refractivity (Wildman–Crippen MR) is 26.8 cm³/mol. The molecule has 0 aliphatic carbocycles. The fourth-order valence-corrected chi connectivity index (χ4v) is 0.267. The molecule has 3 heteroatoms. The number of hydrogen-bond acceptors (Lipinski definition) is 1. The van der Waals surface area contributed by atoms with Gasteiger partial charge in [0.15, 0.2) is 0 Å². The highest BCUT2D eigenvalue weighted by Gasteiger charge is 2.15. The topological polar surface area (TPSA) is 9.23 Å². The molecule has 0 radical (unpaired) electrons. The monoisotopic (exact) mass is 124 g/mol. The molecule has 0 atom stereocenters. The Balaban J connectivity index is 3.39. The molecule has 0 aromatic carbocycles. The standard InChI is InChI=1S/C5H10F2O/c1-5(2,3)8-4(6)7/h4H,1-3H3. The third kappa shape index (κ3) is 5.82. The van der Waals surface area contributed by atoms with Gasteiger partial charge in [-0.05, 0) is 20.8 Å². The Bertz CT molecular complexity index is 65.3. The highest BCUT2D eigenvalue weighted by Crippen LogP contribution is 2.11. The molecule has 0 saturated carbocycles. The van der Waals surface area contributed by atoms with Crippen LogP contribution in [0.4, 0.5) is 8.78 Å². The first-order valence-corrected chi connectivity index (χ1v) is 2.38. The van der Waals surface area contributed by atoms with Gasteiger partial charge in [-0.3, -0.25) is 0 Å². The van der Waals surface area contributed by atoms with Gasteiger partial charge in [-0.1, -0.05) is 0 Å². The summed E-state index contributed by atoms with van der Waals surface area (Å²) in [6.45, 7) is 2.09. The van der Waals surface area contributed by atoms with Gasteiger partial charge >= 0.3 is 6.61 Å². The van der Waals surface area contributed by atoms with Gasteiger partial charge in [0.25, 0.3) is 0 Å². The smallest absolute Gasteiger partial charge is 0.317 e. The Kier molecular flexibility index (Phi) is 2.34. The summed E-state index contributed by atoms with van der Waals surface area (Å²) in [5.74, 6) is 0. The zero-order chi connectivity index (χ0) is 6.78. The summed E-state index contributed by atoms with van der Waals surface area (Å²) in [6.07, 6.45) is 0. The summed E-state index contributed by atoms with van der Waals surface area (Å²) in [4.78, 5) is 0. The highest BCUT2D eigenvalue weighted by molar-refractivity contribution is 4.56. The molecule has 0 aromatic heterocycles. The van der Waals surface area contributed by atoms with Crippen molar-refractivity contribution in [3.63, 3.8) is 0 Å². The summed E-state index contributed by atoms with van der Waals surface area (Å²) in [7, 11) is 0. The van der Waals surface area contributed by atoms with Crippen molar-refractivity contribution in [1.82, 2.24) is 0 Å². The van der Waals surface area contributed by atoms with Crippen molar-refractivity contribution in [3.05, 3.63) is 0 Å². The molecule has 50 valence electrons. The lowest BCUT2D eigenvalue weighted by atomic mass is 10.2. The van der Waals surface area contributed by atoms with E-state index in [0.29, 0.717) is 0 Å². The summed E-state index contributed by atoms with van der Waals surface area (Å²) < 4.78 is 26.7. The normalized spacial score (nSPS) is 12.8. The number of rotatable bonds is 1. The summed E-state index contributed by atoms with van der Waals surface area (Å²) in [5.41, 5.74) is -0.728. The zero-order valence-electron chi connectivity index (χ0n) is 5.24. The minimum absolute atomic E-state index is 0.728. The van der Waals surface area contributed by atoms with Crippen LogP contribution in [-0.2, 0) is 4.74 Å². The largest absolute Gasteiger partial charge is 0.345 e. The SMILES string of the molecule is CC(C)(C)OC(F)F. The van der Waals surface area contributed by atoms with E-state index < -0.39 is 12.2 Å². The van der Waals surface area contributed by atoms with E-state index in [1.54, 1.807) is 20.8 Å². The zero-order valence-corrected chi connectivity index (χ0v) is 5.24. The van der Waals surface area contributed by atoms with Crippen LogP contribution in [0.15, 0.2) is 0 Å². The van der Waals surface area contributed by atoms with Crippen molar-refractivity contribution in [2.45, 2.75) is 33.0 Å². The molecule has 1 nitrogen and oxygen atoms in total. The van der Waals surface area contributed by atoms with E-state index in [1.807, 2.05) is 0 Å². The van der Waals surface area contributed by atoms with Crippen LogP contribution in [0, 0.1) is 0 Å². The Morgan fingerprint density at radius 3 is 1.62 bits per heavy atom. The molecule has 0 unspecified atom stereocenters. The first-order chi connectivity index (χ1) is 3.42. The van der Waals surface area contributed by atoms with Crippen LogP contribution in [0.5, 0.6) is 0 Å². The molecular formula is C5H10F2O. The van der Waals surface area contributed by atoms with Gasteiger partial charge in [0, 0.05) is 0 Å². The maximum Gasteiger partial charge on any atom is 0.345 e. The van der Waals surface area contributed by atoms with Gasteiger partial charge in [-0.25, -0.2) is 0 Å². The molecule has 8 heavy (non-hydrogen) atoms. The van der Waals surface area contributed by atoms with E-state index in [1.165, 1.54) is 0 Å². The van der Waals surface area contributed by atoms with Crippen molar-refractivity contribution < 1.29 is 13.5 Å². The van der Waals surface area contributed by atoms with E-state index >= 15 is 0 Å². The molecule has 0 spiro atoms. The molecule has 0 aliphatic heterocycles. The van der Waals surface area contributed by atoms with E-state index in [2.05, 4.69) is 4.74 Å². The third-order valence-electron chi connectivity index (χ3n) is 0.443. The Morgan fingerprint density at radius 2 is 1.62 bits per heavy atom. The number of alkyl halides is 2. The molecule has 0 fully saturated rings. The van der Waals surface area contributed by atoms with Crippen LogP contribution in [0.3, 0.4) is 0 Å². The first-order valence-electron chi connectivity index (χ1n) is 2.38. The molecule has 0 N–H and O–H groups in total. The molecule has 0 saturated heterocycles. The average Bonchev–Trinajstić information content (AvgIpc) is 1.21. The van der Waals surface area contributed by atoms with Crippen molar-refractivity contribution in [2.75, 3.05) is 0 Å². The van der Waals surface area contributed by atoms with Crippen molar-refractivity contribution in [1.29, 1.82) is 0 Å². The van der Waals surface area contributed by atoms with Gasteiger partial charge in [-0.15, -0.1) is 0 Å². The molecular weight excluding hydrogens is 114 g/mol. The van der Waals surface area contributed by atoms with E-state index in [-0.39, 0.29) is 0 Å². The fourth-order valence-electron chi connectivity index (χ4n) is 0.267. The van der Waals surface area contributed by atoms with Crippen molar-refractivity contribution >= 4 is 0 Å². The number of halogens is 2. The molecule has 0 rings (SSSR count). The van der Waals surface area contributed by atoms with Crippen LogP contribution >= 0.6 is 0 Å². The predicted octanol–water partition coefficient (Wildman–Crippen LogP) is 2.02. The van der Waals surface area contributed by atoms with Crippen LogP contribution in [0.25, 0.3) is 0 Å². The lowest BCUT2D eigenvalue weighted by Gasteiger charge is -2.17. The van der Waals surface area contributed by atoms with Crippen molar-refractivity contribution in [3.8, 4) is 0 Å². The highest BCUT2D eigenvalue weighted by atomic mass is 19.3. The summed E-state index contributed by atoms with van der Waals surface area (Å²) >= 11 is 0. The van der Waals surface area contributed by atoms with E-state index in [9.17, 15) is 8.78 Å². The molecule has 0 aromatic rings. The molecule has 0 bridgehead atoms. The maximum absolute atomic E-state index is 11.3. The third-order valence-corrected chi connectivity index (χ3v) is 0.443. The Labute approximate surface area is 47.6 Å². The lowest BCUT2D eigenvalue weighted by molar-refractivity contribution is -0.189. The van der Waals surface area contributed by atoms with Crippen LogP contribution in [0.2, 0.25) is 0 Å². The van der Waals surface area contributed by atoms with Gasteiger partial charge in [0.1, 0.15) is 0 Å². The quantitative estimate of drug-likeness (QED) is 0.519. The fraction of sp³-hybridized carbons (Fsp3) is 1.00. The van der Waals surface area contributed by atoms with Gasteiger partial charge in [-0.2, -0.15) is 8.78 Å². The summed E-state index contributed by atoms with van der Waals surface area (Å²) in [5, 5.41) is 0.